The molecule has 0 saturated heterocycles. The molecule has 0 aliphatic heterocycles. The number of carbonyl (C=O) groups excluding carboxylic acids is 1. The summed E-state index contributed by atoms with van der Waals surface area (Å²) in [5.74, 6) is 1.08. The molecule has 3 aromatic heterocycles. The van der Waals surface area contributed by atoms with Gasteiger partial charge in [0.15, 0.2) is 5.75 Å². The molecule has 0 radical (unpaired) electrons. The number of allylic oxidation sites excluding steroid dienone is 1. The minimum atomic E-state index is -0.783. The van der Waals surface area contributed by atoms with E-state index in [1.165, 1.54) is 4.46 Å². The number of benzene rings is 3. The van der Waals surface area contributed by atoms with Gasteiger partial charge in [-0.05, 0) is 24.3 Å². The summed E-state index contributed by atoms with van der Waals surface area (Å²) in [6, 6.07) is 31.4. The van der Waals surface area contributed by atoms with Crippen LogP contribution in [-0.2, 0) is 11.3 Å². The van der Waals surface area contributed by atoms with Crippen LogP contribution in [0.2, 0.25) is 5.32 Å². The Labute approximate surface area is 231 Å². The zero-order chi connectivity index (χ0) is 26.4. The molecule has 192 valence electrons. The monoisotopic (exact) mass is 580 g/mol. The summed E-state index contributed by atoms with van der Waals surface area (Å²) in [5.41, 5.74) is 3.27. The Bertz CT molecular complexity index is 1780. The molecule has 6 rings (SSSR count). The van der Waals surface area contributed by atoms with E-state index in [0.717, 1.165) is 38.4 Å². The summed E-state index contributed by atoms with van der Waals surface area (Å²) in [5, 5.41) is 2.86. The minimum absolute atomic E-state index is 0.0844. The molecule has 3 heterocycles. The third-order valence-electron chi connectivity index (χ3n) is 6.11. The summed E-state index contributed by atoms with van der Waals surface area (Å²) in [7, 11) is 0. The summed E-state index contributed by atoms with van der Waals surface area (Å²) in [6.07, 6.45) is 7.00. The molecular weight excluding hydrogens is 555 g/mol. The summed E-state index contributed by atoms with van der Waals surface area (Å²) < 4.78 is 20.0. The van der Waals surface area contributed by atoms with Crippen LogP contribution in [0.1, 0.15) is 5.56 Å². The van der Waals surface area contributed by atoms with Crippen molar-refractivity contribution in [2.45, 2.75) is 11.9 Å². The van der Waals surface area contributed by atoms with Gasteiger partial charge in [0.2, 0.25) is 0 Å². The van der Waals surface area contributed by atoms with E-state index in [-0.39, 0.29) is 6.61 Å². The smallest absolute Gasteiger partial charge is 0.321 e. The van der Waals surface area contributed by atoms with Crippen molar-refractivity contribution in [3.63, 3.8) is 0 Å². The first kappa shape index (κ1) is 24.7. The van der Waals surface area contributed by atoms with Crippen molar-refractivity contribution in [3.05, 3.63) is 127 Å². The molecule has 0 amide bonds. The maximum absolute atomic E-state index is 12.5. The van der Waals surface area contributed by atoms with Crippen LogP contribution in [0.4, 0.5) is 4.79 Å². The van der Waals surface area contributed by atoms with Gasteiger partial charge in [-0.3, -0.25) is 0 Å². The minimum Gasteiger partial charge on any atom is -0.321 e. The molecule has 0 aliphatic carbocycles. The molecule has 39 heavy (non-hydrogen) atoms. The molecule has 0 fully saturated rings. The number of carbonyl (C=O) groups is 1. The normalized spacial score (nSPS) is 11.4. The van der Waals surface area contributed by atoms with Crippen LogP contribution in [0.3, 0.4) is 0 Å². The fourth-order valence-corrected chi connectivity index (χ4v) is 5.75. The average molecular weight is 580 g/mol. The van der Waals surface area contributed by atoms with Crippen LogP contribution in [0, 0.1) is 0 Å². The van der Waals surface area contributed by atoms with Gasteiger partial charge in [0, 0.05) is 23.2 Å². The Kier molecular flexibility index (Phi) is 7.25. The molecular formula is C32H24N2O4Se. The number of nitrogens with zero attached hydrogens (tertiary/aromatic N) is 2. The number of hydrogen-bond acceptors (Lipinski definition) is 5. The van der Waals surface area contributed by atoms with Crippen molar-refractivity contribution in [1.82, 2.24) is 9.38 Å². The van der Waals surface area contributed by atoms with Crippen molar-refractivity contribution in [2.24, 2.45) is 0 Å². The Balaban J connectivity index is 1.05. The van der Waals surface area contributed by atoms with Crippen molar-refractivity contribution in [3.8, 4) is 11.5 Å². The van der Waals surface area contributed by atoms with E-state index in [9.17, 15) is 4.79 Å². The third-order valence-corrected chi connectivity index (χ3v) is 8.14. The van der Waals surface area contributed by atoms with Crippen LogP contribution in [0.25, 0.3) is 27.3 Å². The molecule has 6 aromatic rings. The number of para-hydroxylation sites is 1. The first-order chi connectivity index (χ1) is 19.2. The molecule has 0 atom stereocenters. The van der Waals surface area contributed by atoms with Gasteiger partial charge in [0.05, 0.1) is 11.0 Å². The van der Waals surface area contributed by atoms with Crippen molar-refractivity contribution < 1.29 is 19.0 Å². The molecule has 3 aromatic carbocycles. The summed E-state index contributed by atoms with van der Waals surface area (Å²) in [4.78, 5) is 17.3. The molecule has 0 aliphatic rings. The van der Waals surface area contributed by atoms with Gasteiger partial charge in [-0.25, -0.2) is 4.98 Å². The topological polar surface area (TPSA) is 62.1 Å². The Morgan fingerprint density at radius 1 is 0.872 bits per heavy atom. The van der Waals surface area contributed by atoms with Gasteiger partial charge in [-0.1, -0.05) is 18.2 Å². The van der Waals surface area contributed by atoms with E-state index >= 15 is 0 Å². The van der Waals surface area contributed by atoms with Crippen LogP contribution >= 0.6 is 0 Å². The van der Waals surface area contributed by atoms with Crippen molar-refractivity contribution >= 4 is 52.9 Å². The van der Waals surface area contributed by atoms with Crippen LogP contribution in [0.15, 0.2) is 122 Å². The van der Waals surface area contributed by atoms with Crippen LogP contribution in [0.5, 0.6) is 11.5 Å². The van der Waals surface area contributed by atoms with Crippen molar-refractivity contribution in [1.29, 1.82) is 0 Å². The maximum atomic E-state index is 12.5. The Morgan fingerprint density at radius 3 is 2.59 bits per heavy atom. The van der Waals surface area contributed by atoms with Gasteiger partial charge in [0.25, 0.3) is 0 Å². The molecule has 0 spiro atoms. The Morgan fingerprint density at radius 2 is 1.72 bits per heavy atom. The van der Waals surface area contributed by atoms with E-state index < -0.39 is 6.16 Å². The zero-order valence-electron chi connectivity index (χ0n) is 20.9. The first-order valence-corrected chi connectivity index (χ1v) is 14.5. The fraction of sp³-hybridized carbons (Fsp3) is 0.0625. The number of fused-ring (bicyclic) bond motifs is 4. The van der Waals surface area contributed by atoms with E-state index in [1.54, 1.807) is 12.3 Å². The molecule has 0 saturated carbocycles. The van der Waals surface area contributed by atoms with Gasteiger partial charge in [-0.2, -0.15) is 0 Å². The summed E-state index contributed by atoms with van der Waals surface area (Å²) >= 11 is 0.391. The second-order valence-electron chi connectivity index (χ2n) is 8.77. The standard InChI is InChI=1S/C32H24N2O4Se/c35-32(37-22-23-13-15-26(16-14-23)36-18-7-19-39-27-9-2-1-3-10-27)38-29-12-6-8-24-20-25-21-34-17-5-4-11-28(34)30(25)33-31(24)29/h1-18,20-21H,19,22H2. The quantitative estimate of drug-likeness (QED) is 0.0870. The van der Waals surface area contributed by atoms with Gasteiger partial charge in [0.1, 0.15) is 5.52 Å². The number of rotatable bonds is 8. The predicted molar refractivity (Wildman–Crippen MR) is 154 cm³/mol. The molecule has 0 unspecified atom stereocenters. The van der Waals surface area contributed by atoms with Crippen molar-refractivity contribution in [2.75, 3.05) is 0 Å². The molecule has 6 nitrogen and oxygen atoms in total. The number of hydrogen-bond donors (Lipinski definition) is 0. The zero-order valence-corrected chi connectivity index (χ0v) is 22.6. The molecule has 0 bridgehead atoms. The molecule has 7 heteroatoms. The number of aromatic nitrogens is 2. The summed E-state index contributed by atoms with van der Waals surface area (Å²) in [6.45, 7) is 0.0844. The van der Waals surface area contributed by atoms with Gasteiger partial charge < -0.3 is 4.40 Å². The van der Waals surface area contributed by atoms with Crippen LogP contribution in [-0.4, -0.2) is 30.5 Å². The van der Waals surface area contributed by atoms with E-state index in [4.69, 9.17) is 19.2 Å². The average Bonchev–Trinajstić information content (AvgIpc) is 3.34. The van der Waals surface area contributed by atoms with Gasteiger partial charge in [-0.15, -0.1) is 0 Å². The second-order valence-corrected chi connectivity index (χ2v) is 11.1. The molecule has 0 N–H and O–H groups in total. The number of pyridine rings is 2. The first-order valence-electron chi connectivity index (χ1n) is 12.5. The van der Waals surface area contributed by atoms with E-state index in [1.807, 2.05) is 89.6 Å². The third kappa shape index (κ3) is 5.80. The second kappa shape index (κ2) is 11.4. The number of ether oxygens (including phenoxy) is 3. The van der Waals surface area contributed by atoms with Crippen LogP contribution < -0.4 is 13.9 Å². The predicted octanol–water partition coefficient (Wildman–Crippen LogP) is 6.70. The van der Waals surface area contributed by atoms with E-state index in [2.05, 4.69) is 24.3 Å². The fourth-order valence-electron chi connectivity index (χ4n) is 4.25. The van der Waals surface area contributed by atoms with E-state index in [0.29, 0.717) is 26.2 Å². The SMILES string of the molecule is O=C(OCc1ccc(OC=CC[Se]c2ccccc2)cc1)Oc1cccc2cc3cn4ccccc4c3nc12. The Hall–Kier alpha value is -4.58. The van der Waals surface area contributed by atoms with Gasteiger partial charge >= 0.3 is 135 Å².